The average molecular weight is 325 g/mol. The lowest BCUT2D eigenvalue weighted by molar-refractivity contribution is -0.178. The molecule has 2 saturated carbocycles. The van der Waals surface area contributed by atoms with E-state index in [-0.39, 0.29) is 0 Å². The highest BCUT2D eigenvalue weighted by Crippen LogP contribution is 2.63. The van der Waals surface area contributed by atoms with Crippen molar-refractivity contribution in [2.24, 2.45) is 11.3 Å². The molecule has 126 valence electrons. The highest BCUT2D eigenvalue weighted by molar-refractivity contribution is 5.34. The van der Waals surface area contributed by atoms with Crippen LogP contribution in [0, 0.1) is 11.3 Å². The van der Waals surface area contributed by atoms with E-state index in [1.165, 1.54) is 31.2 Å². The van der Waals surface area contributed by atoms with Crippen molar-refractivity contribution in [3.05, 3.63) is 36.2 Å². The Morgan fingerprint density at radius 1 is 1.29 bits per heavy atom. The molecule has 1 N–H and O–H groups in total. The summed E-state index contributed by atoms with van der Waals surface area (Å²) in [4.78, 5) is 0. The van der Waals surface area contributed by atoms with E-state index >= 15 is 0 Å². The first kappa shape index (κ1) is 14.5. The van der Waals surface area contributed by atoms with Gasteiger partial charge in [-0.05, 0) is 54.3 Å². The summed E-state index contributed by atoms with van der Waals surface area (Å²) in [6.45, 7) is 3.21. The van der Waals surface area contributed by atoms with Crippen molar-refractivity contribution in [2.45, 2.75) is 50.8 Å². The van der Waals surface area contributed by atoms with Crippen LogP contribution >= 0.6 is 0 Å². The number of fused-ring (bicyclic) bond motifs is 2. The highest BCUT2D eigenvalue weighted by atomic mass is 16.5. The Labute approximate surface area is 141 Å². The molecule has 5 rings (SSSR count). The molecule has 1 aliphatic heterocycles. The van der Waals surface area contributed by atoms with E-state index in [4.69, 9.17) is 4.74 Å². The van der Waals surface area contributed by atoms with Crippen LogP contribution in [0.4, 0.5) is 0 Å². The number of nitrogens with one attached hydrogen (secondary N) is 1. The van der Waals surface area contributed by atoms with Gasteiger partial charge in [0, 0.05) is 30.0 Å². The van der Waals surface area contributed by atoms with Gasteiger partial charge in [0.2, 0.25) is 0 Å². The number of ether oxygens (including phenoxy) is 1. The Morgan fingerprint density at radius 3 is 2.79 bits per heavy atom. The molecule has 3 aliphatic rings. The zero-order valence-corrected chi connectivity index (χ0v) is 13.9. The quantitative estimate of drug-likeness (QED) is 0.934. The Hall–Kier alpha value is -1.79. The molecule has 4 unspecified atom stereocenters. The highest BCUT2D eigenvalue weighted by Gasteiger charge is 2.66. The van der Waals surface area contributed by atoms with Crippen LogP contribution in [0.25, 0.3) is 5.69 Å². The molecule has 0 bridgehead atoms. The summed E-state index contributed by atoms with van der Waals surface area (Å²) in [5.41, 5.74) is 2.73. The molecule has 2 heterocycles. The summed E-state index contributed by atoms with van der Waals surface area (Å²) in [5, 5.41) is 15.2. The van der Waals surface area contributed by atoms with Gasteiger partial charge in [-0.2, -0.15) is 0 Å². The molecular formula is C18H23N5O. The Balaban J connectivity index is 1.31. The average Bonchev–Trinajstić information content (AvgIpc) is 3.22. The van der Waals surface area contributed by atoms with Crippen molar-refractivity contribution >= 4 is 0 Å². The SMILES string of the molecule is CC(NC1C2CCOC2C12CCC2)c1ccc(-n2cnnn2)cc1. The van der Waals surface area contributed by atoms with Crippen molar-refractivity contribution < 1.29 is 4.74 Å². The zero-order chi connectivity index (χ0) is 16.1. The van der Waals surface area contributed by atoms with Crippen molar-refractivity contribution in [3.8, 4) is 5.69 Å². The minimum absolute atomic E-state index is 0.344. The fourth-order valence-electron chi connectivity index (χ4n) is 5.06. The summed E-state index contributed by atoms with van der Waals surface area (Å²) >= 11 is 0. The molecule has 0 radical (unpaired) electrons. The first-order valence-corrected chi connectivity index (χ1v) is 8.99. The number of nitrogens with zero attached hydrogens (tertiary/aromatic N) is 4. The standard InChI is InChI=1S/C18H23N5O/c1-12(13-3-5-14(6-4-13)23-11-19-21-22-23)20-16-15-7-10-24-17(15)18(16)8-2-9-18/h3-6,11-12,15-17,20H,2,7-10H2,1H3. The number of hydrogen-bond acceptors (Lipinski definition) is 5. The summed E-state index contributed by atoms with van der Waals surface area (Å²) in [7, 11) is 0. The number of rotatable bonds is 4. The van der Waals surface area contributed by atoms with Crippen molar-refractivity contribution in [3.63, 3.8) is 0 Å². The van der Waals surface area contributed by atoms with E-state index < -0.39 is 0 Å². The van der Waals surface area contributed by atoms with Gasteiger partial charge < -0.3 is 10.1 Å². The lowest BCUT2D eigenvalue weighted by atomic mass is 9.46. The molecular weight excluding hydrogens is 302 g/mol. The van der Waals surface area contributed by atoms with Gasteiger partial charge in [-0.1, -0.05) is 18.6 Å². The third kappa shape index (κ3) is 1.99. The van der Waals surface area contributed by atoms with Gasteiger partial charge in [-0.3, -0.25) is 0 Å². The predicted octanol–water partition coefficient (Wildman–Crippen LogP) is 2.27. The van der Waals surface area contributed by atoms with Crippen LogP contribution in [0.3, 0.4) is 0 Å². The van der Waals surface area contributed by atoms with Crippen LogP contribution in [0.5, 0.6) is 0 Å². The van der Waals surface area contributed by atoms with E-state index in [2.05, 4.69) is 52.0 Å². The van der Waals surface area contributed by atoms with Crippen LogP contribution < -0.4 is 5.32 Å². The van der Waals surface area contributed by atoms with Crippen LogP contribution in [0.2, 0.25) is 0 Å². The normalized spacial score (nSPS) is 31.3. The molecule has 2 aromatic rings. The lowest BCUT2D eigenvalue weighted by Crippen LogP contribution is -2.71. The summed E-state index contributed by atoms with van der Waals surface area (Å²) < 4.78 is 7.70. The Morgan fingerprint density at radius 2 is 2.12 bits per heavy atom. The second-order valence-electron chi connectivity index (χ2n) is 7.54. The molecule has 1 aromatic heterocycles. The largest absolute Gasteiger partial charge is 0.377 e. The number of aromatic nitrogens is 4. The van der Waals surface area contributed by atoms with Gasteiger partial charge in [0.15, 0.2) is 0 Å². The van der Waals surface area contributed by atoms with Gasteiger partial charge in [0.05, 0.1) is 11.8 Å². The molecule has 0 amide bonds. The molecule has 1 spiro atoms. The van der Waals surface area contributed by atoms with Gasteiger partial charge in [0.25, 0.3) is 0 Å². The topological polar surface area (TPSA) is 64.9 Å². The first-order chi connectivity index (χ1) is 11.8. The van der Waals surface area contributed by atoms with Gasteiger partial charge in [-0.25, -0.2) is 4.68 Å². The van der Waals surface area contributed by atoms with Gasteiger partial charge >= 0.3 is 0 Å². The first-order valence-electron chi connectivity index (χ1n) is 8.99. The molecule has 6 nitrogen and oxygen atoms in total. The lowest BCUT2D eigenvalue weighted by Gasteiger charge is -2.64. The molecule has 3 fully saturated rings. The second-order valence-corrected chi connectivity index (χ2v) is 7.54. The smallest absolute Gasteiger partial charge is 0.143 e. The van der Waals surface area contributed by atoms with Gasteiger partial charge in [0.1, 0.15) is 6.33 Å². The van der Waals surface area contributed by atoms with E-state index in [1.54, 1.807) is 11.0 Å². The molecule has 1 aromatic carbocycles. The summed E-state index contributed by atoms with van der Waals surface area (Å²) in [5.74, 6) is 0.716. The van der Waals surface area contributed by atoms with Crippen molar-refractivity contribution in [1.29, 1.82) is 0 Å². The predicted molar refractivity (Wildman–Crippen MR) is 88.6 cm³/mol. The van der Waals surface area contributed by atoms with E-state index in [0.29, 0.717) is 29.5 Å². The fourth-order valence-corrected chi connectivity index (χ4v) is 5.06. The Kier molecular flexibility index (Phi) is 3.25. The third-order valence-corrected chi connectivity index (χ3v) is 6.47. The number of hydrogen-bond donors (Lipinski definition) is 1. The molecule has 2 aliphatic carbocycles. The number of tetrazole rings is 1. The van der Waals surface area contributed by atoms with Crippen LogP contribution in [0.1, 0.15) is 44.2 Å². The molecule has 6 heteroatoms. The second kappa shape index (κ2) is 5.36. The maximum atomic E-state index is 6.02. The fraction of sp³-hybridized carbons (Fsp3) is 0.611. The van der Waals surface area contributed by atoms with E-state index in [1.807, 2.05) is 0 Å². The minimum atomic E-state index is 0.344. The summed E-state index contributed by atoms with van der Waals surface area (Å²) in [6.07, 6.45) is 7.38. The maximum absolute atomic E-state index is 6.02. The van der Waals surface area contributed by atoms with Crippen LogP contribution in [0.15, 0.2) is 30.6 Å². The summed E-state index contributed by atoms with van der Waals surface area (Å²) in [6, 6.07) is 9.45. The molecule has 4 atom stereocenters. The monoisotopic (exact) mass is 325 g/mol. The third-order valence-electron chi connectivity index (χ3n) is 6.47. The van der Waals surface area contributed by atoms with Crippen LogP contribution in [-0.4, -0.2) is 39.0 Å². The van der Waals surface area contributed by atoms with Gasteiger partial charge in [-0.15, -0.1) is 5.10 Å². The van der Waals surface area contributed by atoms with Crippen molar-refractivity contribution in [1.82, 2.24) is 25.5 Å². The van der Waals surface area contributed by atoms with E-state index in [0.717, 1.165) is 12.3 Å². The zero-order valence-electron chi connectivity index (χ0n) is 13.9. The van der Waals surface area contributed by atoms with E-state index in [9.17, 15) is 0 Å². The molecule has 1 saturated heterocycles. The molecule has 24 heavy (non-hydrogen) atoms. The van der Waals surface area contributed by atoms with Crippen molar-refractivity contribution in [2.75, 3.05) is 6.61 Å². The number of benzene rings is 1. The Bertz CT molecular complexity index is 710. The minimum Gasteiger partial charge on any atom is -0.377 e. The van der Waals surface area contributed by atoms with Crippen LogP contribution in [-0.2, 0) is 4.74 Å². The maximum Gasteiger partial charge on any atom is 0.143 e.